The van der Waals surface area contributed by atoms with Crippen molar-refractivity contribution in [3.8, 4) is 0 Å². The van der Waals surface area contributed by atoms with Crippen LogP contribution in [0.3, 0.4) is 0 Å². The van der Waals surface area contributed by atoms with Gasteiger partial charge in [0, 0.05) is 0 Å². The molecule has 0 aliphatic heterocycles. The largest absolute Gasteiger partial charge is 0.465 e. The van der Waals surface area contributed by atoms with Crippen LogP contribution < -0.4 is 5.32 Å². The molecule has 0 heterocycles. The minimum Gasteiger partial charge on any atom is -0.465 e. The second-order valence-electron chi connectivity index (χ2n) is 4.52. The third-order valence-electron chi connectivity index (χ3n) is 2.78. The van der Waals surface area contributed by atoms with Crippen LogP contribution in [-0.4, -0.2) is 22.3 Å². The standard InChI is InChI=1S/C12H11F6NO3/c1-5(19-10(21)22)9(20)6-2-7(11(13,14)15)4-8(3-6)12(16,17)18/h2-5,9,19-20H,1H3,(H,21,22)/t5-,9?/m0/s1. The van der Waals surface area contributed by atoms with Crippen molar-refractivity contribution in [3.05, 3.63) is 34.9 Å². The molecule has 0 aliphatic rings. The Labute approximate surface area is 120 Å². The first kappa shape index (κ1) is 18.1. The lowest BCUT2D eigenvalue weighted by atomic mass is 9.97. The summed E-state index contributed by atoms with van der Waals surface area (Å²) < 4.78 is 75.9. The Bertz CT molecular complexity index is 523. The van der Waals surface area contributed by atoms with Crippen molar-refractivity contribution in [1.29, 1.82) is 0 Å². The lowest BCUT2D eigenvalue weighted by Gasteiger charge is -2.21. The van der Waals surface area contributed by atoms with E-state index in [1.807, 2.05) is 0 Å². The summed E-state index contributed by atoms with van der Waals surface area (Å²) in [5.74, 6) is 0. The van der Waals surface area contributed by atoms with Crippen LogP contribution in [0.4, 0.5) is 31.1 Å². The average Bonchev–Trinajstić information content (AvgIpc) is 2.34. The fraction of sp³-hybridized carbons (Fsp3) is 0.417. The van der Waals surface area contributed by atoms with Crippen molar-refractivity contribution in [2.24, 2.45) is 0 Å². The van der Waals surface area contributed by atoms with E-state index in [9.17, 15) is 36.2 Å². The van der Waals surface area contributed by atoms with Gasteiger partial charge in [0.25, 0.3) is 0 Å². The molecule has 4 nitrogen and oxygen atoms in total. The number of halogens is 6. The topological polar surface area (TPSA) is 69.6 Å². The van der Waals surface area contributed by atoms with E-state index < -0.39 is 47.3 Å². The number of amides is 1. The lowest BCUT2D eigenvalue weighted by molar-refractivity contribution is -0.143. The Morgan fingerprint density at radius 2 is 1.45 bits per heavy atom. The molecule has 0 spiro atoms. The van der Waals surface area contributed by atoms with Gasteiger partial charge in [-0.3, -0.25) is 0 Å². The van der Waals surface area contributed by atoms with Crippen LogP contribution in [0.1, 0.15) is 29.7 Å². The first-order chi connectivity index (χ1) is 9.82. The zero-order valence-corrected chi connectivity index (χ0v) is 11.0. The van der Waals surface area contributed by atoms with E-state index in [4.69, 9.17) is 5.11 Å². The van der Waals surface area contributed by atoms with Gasteiger partial charge in [0.05, 0.1) is 23.3 Å². The molecule has 10 heteroatoms. The first-order valence-corrected chi connectivity index (χ1v) is 5.79. The van der Waals surface area contributed by atoms with Crippen molar-refractivity contribution >= 4 is 6.09 Å². The molecule has 1 amide bonds. The zero-order chi connectivity index (χ0) is 17.3. The summed E-state index contributed by atoms with van der Waals surface area (Å²) in [5, 5.41) is 20.0. The number of carboxylic acid groups (broad SMARTS) is 1. The molecule has 1 unspecified atom stereocenters. The molecule has 3 N–H and O–H groups in total. The molecular weight excluding hydrogens is 320 g/mol. The Hall–Kier alpha value is -1.97. The van der Waals surface area contributed by atoms with Crippen molar-refractivity contribution in [1.82, 2.24) is 5.32 Å². The summed E-state index contributed by atoms with van der Waals surface area (Å²) in [5.41, 5.74) is -3.86. The number of alkyl halides is 6. The van der Waals surface area contributed by atoms with Crippen LogP contribution in [-0.2, 0) is 12.4 Å². The van der Waals surface area contributed by atoms with E-state index in [0.29, 0.717) is 12.1 Å². The number of carbonyl (C=O) groups is 1. The quantitative estimate of drug-likeness (QED) is 0.744. The van der Waals surface area contributed by atoms with Crippen LogP contribution >= 0.6 is 0 Å². The monoisotopic (exact) mass is 331 g/mol. The van der Waals surface area contributed by atoms with Gasteiger partial charge in [0.2, 0.25) is 0 Å². The van der Waals surface area contributed by atoms with E-state index in [1.54, 1.807) is 5.32 Å². The van der Waals surface area contributed by atoms with Crippen molar-refractivity contribution in [2.75, 3.05) is 0 Å². The van der Waals surface area contributed by atoms with Crippen molar-refractivity contribution in [3.63, 3.8) is 0 Å². The highest BCUT2D eigenvalue weighted by molar-refractivity contribution is 5.64. The minimum atomic E-state index is -5.04. The average molecular weight is 331 g/mol. The van der Waals surface area contributed by atoms with Crippen LogP contribution in [0.25, 0.3) is 0 Å². The zero-order valence-electron chi connectivity index (χ0n) is 11.0. The van der Waals surface area contributed by atoms with Gasteiger partial charge in [-0.2, -0.15) is 26.3 Å². The molecule has 0 bridgehead atoms. The van der Waals surface area contributed by atoms with Gasteiger partial charge in [-0.05, 0) is 30.7 Å². The van der Waals surface area contributed by atoms with Crippen LogP contribution in [0.2, 0.25) is 0 Å². The Kier molecular flexibility index (Phi) is 4.96. The number of hydrogen-bond acceptors (Lipinski definition) is 2. The molecule has 1 aromatic rings. The van der Waals surface area contributed by atoms with Crippen molar-refractivity contribution in [2.45, 2.75) is 31.4 Å². The molecule has 22 heavy (non-hydrogen) atoms. The van der Waals surface area contributed by atoms with Gasteiger partial charge in [-0.1, -0.05) is 0 Å². The molecule has 124 valence electrons. The number of rotatable bonds is 3. The van der Waals surface area contributed by atoms with Crippen molar-refractivity contribution < 1.29 is 41.4 Å². The first-order valence-electron chi connectivity index (χ1n) is 5.79. The summed E-state index contributed by atoms with van der Waals surface area (Å²) in [6, 6.07) is -0.687. The van der Waals surface area contributed by atoms with Gasteiger partial charge in [0.1, 0.15) is 0 Å². The van der Waals surface area contributed by atoms with Crippen LogP contribution in [0.15, 0.2) is 18.2 Å². The molecule has 0 fully saturated rings. The van der Waals surface area contributed by atoms with E-state index in [1.165, 1.54) is 0 Å². The van der Waals surface area contributed by atoms with Gasteiger partial charge >= 0.3 is 18.4 Å². The SMILES string of the molecule is C[C@H](NC(=O)O)C(O)c1cc(C(F)(F)F)cc(C(F)(F)F)c1. The maximum absolute atomic E-state index is 12.7. The van der Waals surface area contributed by atoms with E-state index in [-0.39, 0.29) is 6.07 Å². The van der Waals surface area contributed by atoms with Gasteiger partial charge in [-0.15, -0.1) is 0 Å². The molecule has 0 saturated carbocycles. The predicted molar refractivity (Wildman–Crippen MR) is 62.0 cm³/mol. The second kappa shape index (κ2) is 6.03. The van der Waals surface area contributed by atoms with E-state index in [0.717, 1.165) is 6.92 Å². The number of hydrogen-bond donors (Lipinski definition) is 3. The Balaban J connectivity index is 3.32. The van der Waals surface area contributed by atoms with Gasteiger partial charge in [0.15, 0.2) is 0 Å². The number of nitrogens with one attached hydrogen (secondary N) is 1. The maximum Gasteiger partial charge on any atom is 0.416 e. The summed E-state index contributed by atoms with van der Waals surface area (Å²) in [6.45, 7) is 1.10. The summed E-state index contributed by atoms with van der Waals surface area (Å²) in [7, 11) is 0. The molecule has 0 aliphatic carbocycles. The lowest BCUT2D eigenvalue weighted by Crippen LogP contribution is -2.36. The van der Waals surface area contributed by atoms with E-state index in [2.05, 4.69) is 0 Å². The predicted octanol–water partition coefficient (Wildman–Crippen LogP) is 3.41. The van der Waals surface area contributed by atoms with Crippen LogP contribution in [0.5, 0.6) is 0 Å². The van der Waals surface area contributed by atoms with Crippen LogP contribution in [0, 0.1) is 0 Å². The highest BCUT2D eigenvalue weighted by atomic mass is 19.4. The fourth-order valence-electron chi connectivity index (χ4n) is 1.71. The highest BCUT2D eigenvalue weighted by Gasteiger charge is 2.37. The third kappa shape index (κ3) is 4.52. The second-order valence-corrected chi connectivity index (χ2v) is 4.52. The molecule has 1 rings (SSSR count). The molecule has 0 aromatic heterocycles. The summed E-state index contributed by atoms with van der Waals surface area (Å²) >= 11 is 0. The summed E-state index contributed by atoms with van der Waals surface area (Å²) in [6.07, 6.45) is -13.5. The molecule has 1 aromatic carbocycles. The maximum atomic E-state index is 12.7. The summed E-state index contributed by atoms with van der Waals surface area (Å²) in [4.78, 5) is 10.4. The van der Waals surface area contributed by atoms with Gasteiger partial charge in [-0.25, -0.2) is 4.79 Å². The number of aliphatic hydroxyl groups is 1. The highest BCUT2D eigenvalue weighted by Crippen LogP contribution is 2.37. The molecule has 2 atom stereocenters. The normalized spacial score (nSPS) is 15.3. The number of benzene rings is 1. The molecule has 0 saturated heterocycles. The Morgan fingerprint density at radius 1 is 1.05 bits per heavy atom. The fourth-order valence-corrected chi connectivity index (χ4v) is 1.71. The van der Waals surface area contributed by atoms with Gasteiger partial charge < -0.3 is 15.5 Å². The number of aliphatic hydroxyl groups excluding tert-OH is 1. The Morgan fingerprint density at radius 3 is 1.77 bits per heavy atom. The molecular formula is C12H11F6NO3. The minimum absolute atomic E-state index is 0.0779. The molecule has 0 radical (unpaired) electrons. The van der Waals surface area contributed by atoms with E-state index >= 15 is 0 Å². The smallest absolute Gasteiger partial charge is 0.416 e. The third-order valence-corrected chi connectivity index (χ3v) is 2.78.